The average Bonchev–Trinajstić information content (AvgIpc) is 2.28. The minimum absolute atomic E-state index is 0.0982. The Hall–Kier alpha value is -0.950. The summed E-state index contributed by atoms with van der Waals surface area (Å²) in [6, 6.07) is 0.815. The number of rotatable bonds is 3. The molecular weight excluding hydrogens is 291 g/mol. The average molecular weight is 300 g/mol. The summed E-state index contributed by atoms with van der Waals surface area (Å²) in [7, 11) is 1.12. The lowest BCUT2D eigenvalue weighted by molar-refractivity contribution is -0.137. The first-order valence-electron chi connectivity index (χ1n) is 4.80. The molecule has 1 heterocycles. The van der Waals surface area contributed by atoms with Crippen molar-refractivity contribution >= 4 is 29.3 Å². The third-order valence-corrected chi connectivity index (χ3v) is 3.12. The van der Waals surface area contributed by atoms with Crippen LogP contribution in [-0.4, -0.2) is 23.8 Å². The SMILES string of the molecule is CCSc1cc(C(F)(F)F)c(Cl)nc1C(=O)OC. The van der Waals surface area contributed by atoms with E-state index in [1.807, 2.05) is 0 Å². The first kappa shape index (κ1) is 15.1. The van der Waals surface area contributed by atoms with Crippen molar-refractivity contribution in [2.75, 3.05) is 12.9 Å². The Labute approximate surface area is 111 Å². The van der Waals surface area contributed by atoms with Crippen LogP contribution in [0.25, 0.3) is 0 Å². The minimum Gasteiger partial charge on any atom is -0.464 e. The summed E-state index contributed by atoms with van der Waals surface area (Å²) in [5.41, 5.74) is -1.27. The third kappa shape index (κ3) is 3.29. The van der Waals surface area contributed by atoms with Gasteiger partial charge < -0.3 is 4.74 Å². The molecule has 0 saturated carbocycles. The summed E-state index contributed by atoms with van der Waals surface area (Å²) < 4.78 is 42.4. The van der Waals surface area contributed by atoms with Crippen molar-refractivity contribution in [3.05, 3.63) is 22.5 Å². The van der Waals surface area contributed by atoms with Crippen molar-refractivity contribution < 1.29 is 22.7 Å². The van der Waals surface area contributed by atoms with E-state index in [1.165, 1.54) is 0 Å². The predicted octanol–water partition coefficient (Wildman–Crippen LogP) is 3.65. The van der Waals surface area contributed by atoms with Gasteiger partial charge in [-0.25, -0.2) is 9.78 Å². The molecule has 0 spiro atoms. The molecule has 0 unspecified atom stereocenters. The maximum absolute atomic E-state index is 12.6. The van der Waals surface area contributed by atoms with Crippen LogP contribution in [-0.2, 0) is 10.9 Å². The van der Waals surface area contributed by atoms with Gasteiger partial charge in [-0.15, -0.1) is 11.8 Å². The zero-order valence-corrected chi connectivity index (χ0v) is 11.0. The van der Waals surface area contributed by atoms with Gasteiger partial charge in [0.05, 0.1) is 12.7 Å². The summed E-state index contributed by atoms with van der Waals surface area (Å²) in [4.78, 5) is 15.0. The van der Waals surface area contributed by atoms with Gasteiger partial charge >= 0.3 is 12.1 Å². The number of carbonyl (C=O) groups excluding carboxylic acids is 1. The van der Waals surface area contributed by atoms with Gasteiger partial charge in [-0.2, -0.15) is 13.2 Å². The summed E-state index contributed by atoms with van der Waals surface area (Å²) in [5, 5.41) is -0.761. The number of nitrogens with zero attached hydrogens (tertiary/aromatic N) is 1. The highest BCUT2D eigenvalue weighted by Crippen LogP contribution is 2.37. The highest BCUT2D eigenvalue weighted by molar-refractivity contribution is 7.99. The lowest BCUT2D eigenvalue weighted by Gasteiger charge is -2.12. The molecule has 0 N–H and O–H groups in total. The van der Waals surface area contributed by atoms with Crippen molar-refractivity contribution in [1.82, 2.24) is 4.98 Å². The molecule has 0 amide bonds. The summed E-state index contributed by atoms with van der Waals surface area (Å²) in [5.74, 6) is -0.327. The standard InChI is InChI=1S/C10H9ClF3NO2S/c1-3-18-6-4-5(10(12,13)14)8(11)15-7(6)9(16)17-2/h4H,3H2,1-2H3. The van der Waals surface area contributed by atoms with Crippen molar-refractivity contribution in [1.29, 1.82) is 0 Å². The molecular formula is C10H9ClF3NO2S. The van der Waals surface area contributed by atoms with Crippen LogP contribution in [0.2, 0.25) is 5.15 Å². The van der Waals surface area contributed by atoms with Crippen molar-refractivity contribution in [2.45, 2.75) is 18.0 Å². The highest BCUT2D eigenvalue weighted by atomic mass is 35.5. The Morgan fingerprint density at radius 2 is 2.17 bits per heavy atom. The zero-order chi connectivity index (χ0) is 13.9. The molecule has 0 aliphatic rings. The van der Waals surface area contributed by atoms with Crippen molar-refractivity contribution in [3.63, 3.8) is 0 Å². The molecule has 0 aliphatic heterocycles. The number of hydrogen-bond acceptors (Lipinski definition) is 4. The maximum atomic E-state index is 12.6. The fourth-order valence-electron chi connectivity index (χ4n) is 1.18. The molecule has 1 rings (SSSR count). The van der Waals surface area contributed by atoms with E-state index in [4.69, 9.17) is 11.6 Å². The number of ether oxygens (including phenoxy) is 1. The summed E-state index contributed by atoms with van der Waals surface area (Å²) in [6.07, 6.45) is -4.61. The Balaban J connectivity index is 3.39. The van der Waals surface area contributed by atoms with Crippen LogP contribution in [0.5, 0.6) is 0 Å². The van der Waals surface area contributed by atoms with E-state index < -0.39 is 22.9 Å². The number of methoxy groups -OCH3 is 1. The fourth-order valence-corrected chi connectivity index (χ4v) is 2.20. The molecule has 1 aromatic rings. The molecule has 0 saturated heterocycles. The second-order valence-electron chi connectivity index (χ2n) is 3.10. The van der Waals surface area contributed by atoms with Crippen LogP contribution in [0.4, 0.5) is 13.2 Å². The number of thioether (sulfide) groups is 1. The largest absolute Gasteiger partial charge is 0.464 e. The smallest absolute Gasteiger partial charge is 0.419 e. The van der Waals surface area contributed by atoms with Crippen molar-refractivity contribution in [2.24, 2.45) is 0 Å². The second-order valence-corrected chi connectivity index (χ2v) is 4.76. The number of carbonyl (C=O) groups is 1. The Bertz CT molecular complexity index is 465. The van der Waals surface area contributed by atoms with Crippen LogP contribution in [0.3, 0.4) is 0 Å². The molecule has 0 atom stereocenters. The van der Waals surface area contributed by atoms with Gasteiger partial charge in [0.2, 0.25) is 0 Å². The van der Waals surface area contributed by atoms with E-state index in [0.717, 1.165) is 24.9 Å². The first-order valence-corrected chi connectivity index (χ1v) is 6.16. The Morgan fingerprint density at radius 1 is 1.56 bits per heavy atom. The topological polar surface area (TPSA) is 39.2 Å². The minimum atomic E-state index is -4.61. The number of pyridine rings is 1. The summed E-state index contributed by atoms with van der Waals surface area (Å²) >= 11 is 6.50. The van der Waals surface area contributed by atoms with Gasteiger partial charge in [0.15, 0.2) is 5.69 Å². The number of aromatic nitrogens is 1. The Morgan fingerprint density at radius 3 is 2.61 bits per heavy atom. The van der Waals surface area contributed by atoms with Crippen LogP contribution in [0.15, 0.2) is 11.0 Å². The highest BCUT2D eigenvalue weighted by Gasteiger charge is 2.35. The van der Waals surface area contributed by atoms with Crippen LogP contribution >= 0.6 is 23.4 Å². The molecule has 0 radical (unpaired) electrons. The molecule has 0 aromatic carbocycles. The molecule has 0 fully saturated rings. The zero-order valence-electron chi connectivity index (χ0n) is 9.47. The van der Waals surface area contributed by atoms with E-state index in [9.17, 15) is 18.0 Å². The number of halogens is 4. The van der Waals surface area contributed by atoms with E-state index in [1.54, 1.807) is 6.92 Å². The van der Waals surface area contributed by atoms with Crippen LogP contribution in [0.1, 0.15) is 23.0 Å². The van der Waals surface area contributed by atoms with Gasteiger partial charge in [0, 0.05) is 4.90 Å². The van der Waals surface area contributed by atoms with E-state index in [0.29, 0.717) is 5.75 Å². The van der Waals surface area contributed by atoms with Gasteiger partial charge in [-0.3, -0.25) is 0 Å². The molecule has 1 aromatic heterocycles. The number of hydrogen-bond donors (Lipinski definition) is 0. The molecule has 100 valence electrons. The quantitative estimate of drug-likeness (QED) is 0.485. The molecule has 3 nitrogen and oxygen atoms in total. The fraction of sp³-hybridized carbons (Fsp3) is 0.400. The predicted molar refractivity (Wildman–Crippen MR) is 62.0 cm³/mol. The molecule has 8 heteroatoms. The molecule has 18 heavy (non-hydrogen) atoms. The van der Waals surface area contributed by atoms with E-state index >= 15 is 0 Å². The van der Waals surface area contributed by atoms with Crippen molar-refractivity contribution in [3.8, 4) is 0 Å². The lowest BCUT2D eigenvalue weighted by atomic mass is 10.2. The molecule has 0 aliphatic carbocycles. The normalized spacial score (nSPS) is 11.4. The second kappa shape index (κ2) is 5.79. The van der Waals surface area contributed by atoms with Gasteiger partial charge in [-0.05, 0) is 11.8 Å². The number of esters is 1. The first-order chi connectivity index (χ1) is 8.31. The Kier molecular flexibility index (Phi) is 4.86. The van der Waals surface area contributed by atoms with Gasteiger partial charge in [0.1, 0.15) is 5.15 Å². The molecule has 0 bridgehead atoms. The van der Waals surface area contributed by atoms with Gasteiger partial charge in [-0.1, -0.05) is 18.5 Å². The van der Waals surface area contributed by atoms with Crippen LogP contribution in [0, 0.1) is 0 Å². The van der Waals surface area contributed by atoms with Gasteiger partial charge in [0.25, 0.3) is 0 Å². The summed E-state index contributed by atoms with van der Waals surface area (Å²) in [6.45, 7) is 1.74. The van der Waals surface area contributed by atoms with E-state index in [2.05, 4.69) is 9.72 Å². The van der Waals surface area contributed by atoms with E-state index in [-0.39, 0.29) is 10.6 Å². The van der Waals surface area contributed by atoms with Crippen LogP contribution < -0.4 is 0 Å². The number of alkyl halides is 3. The lowest BCUT2D eigenvalue weighted by Crippen LogP contribution is -2.12. The maximum Gasteiger partial charge on any atom is 0.419 e. The third-order valence-electron chi connectivity index (χ3n) is 1.93. The monoisotopic (exact) mass is 299 g/mol.